The number of morpholine rings is 1. The Bertz CT molecular complexity index is 966. The third-order valence-corrected chi connectivity index (χ3v) is 6.42. The van der Waals surface area contributed by atoms with Crippen LogP contribution in [-0.2, 0) is 17.8 Å². The van der Waals surface area contributed by atoms with Crippen molar-refractivity contribution < 1.29 is 14.4 Å². The number of para-hydroxylation sites is 1. The lowest BCUT2D eigenvalue weighted by Crippen LogP contribution is -3.12. The Morgan fingerprint density at radius 1 is 1.18 bits per heavy atom. The van der Waals surface area contributed by atoms with E-state index in [0.717, 1.165) is 66.0 Å². The van der Waals surface area contributed by atoms with E-state index in [4.69, 9.17) is 19.4 Å². The summed E-state index contributed by atoms with van der Waals surface area (Å²) in [6.07, 6.45) is 0. The van der Waals surface area contributed by atoms with E-state index in [9.17, 15) is 0 Å². The molecule has 148 valence electrons. The second-order valence-corrected chi connectivity index (χ2v) is 8.36. The average molecular weight is 400 g/mol. The van der Waals surface area contributed by atoms with Crippen molar-refractivity contribution in [3.63, 3.8) is 0 Å². The van der Waals surface area contributed by atoms with Gasteiger partial charge in [-0.1, -0.05) is 18.2 Å². The van der Waals surface area contributed by atoms with Gasteiger partial charge in [-0.2, -0.15) is 0 Å². The normalized spacial score (nSPS) is 15.1. The summed E-state index contributed by atoms with van der Waals surface area (Å²) in [4.78, 5) is 13.6. The van der Waals surface area contributed by atoms with Gasteiger partial charge in [0.2, 0.25) is 0 Å². The number of hydrogen-bond donors (Lipinski definition) is 2. The van der Waals surface area contributed by atoms with Gasteiger partial charge in [-0.3, -0.25) is 0 Å². The highest BCUT2D eigenvalue weighted by Gasteiger charge is 2.19. The third kappa shape index (κ3) is 3.97. The Balaban J connectivity index is 1.64. The summed E-state index contributed by atoms with van der Waals surface area (Å²) >= 11 is 1.75. The molecule has 2 N–H and O–H groups in total. The van der Waals surface area contributed by atoms with E-state index in [1.165, 1.54) is 15.3 Å². The Labute approximate surface area is 169 Å². The number of aryl methyl sites for hydroxylation is 2. The first-order valence-corrected chi connectivity index (χ1v) is 10.5. The topological polar surface area (TPSA) is 60.7 Å². The van der Waals surface area contributed by atoms with Gasteiger partial charge in [-0.15, -0.1) is 11.3 Å². The summed E-state index contributed by atoms with van der Waals surface area (Å²) in [6.45, 7) is 9.44. The number of thiophene rings is 1. The molecule has 0 unspecified atom stereocenters. The van der Waals surface area contributed by atoms with Crippen LogP contribution in [0.3, 0.4) is 0 Å². The molecule has 28 heavy (non-hydrogen) atoms. The molecule has 7 heteroatoms. The summed E-state index contributed by atoms with van der Waals surface area (Å²) in [5.74, 6) is 2.70. The van der Waals surface area contributed by atoms with E-state index in [1.807, 2.05) is 18.2 Å². The van der Waals surface area contributed by atoms with Gasteiger partial charge in [0.25, 0.3) is 0 Å². The lowest BCUT2D eigenvalue weighted by Gasteiger charge is -2.23. The van der Waals surface area contributed by atoms with Gasteiger partial charge in [0, 0.05) is 17.0 Å². The molecule has 1 aliphatic rings. The molecule has 1 aromatic carbocycles. The average Bonchev–Trinajstić information content (AvgIpc) is 3.01. The zero-order valence-corrected chi connectivity index (χ0v) is 17.5. The maximum Gasteiger partial charge on any atom is 0.187 e. The minimum atomic E-state index is 0.661. The van der Waals surface area contributed by atoms with Gasteiger partial charge in [0.05, 0.1) is 25.7 Å². The van der Waals surface area contributed by atoms with E-state index in [0.29, 0.717) is 6.54 Å². The third-order valence-electron chi connectivity index (χ3n) is 5.32. The van der Waals surface area contributed by atoms with Crippen molar-refractivity contribution in [1.82, 2.24) is 9.97 Å². The predicted octanol–water partition coefficient (Wildman–Crippen LogP) is 2.34. The van der Waals surface area contributed by atoms with Crippen LogP contribution in [0.15, 0.2) is 24.3 Å². The number of benzene rings is 1. The number of hydrogen-bond acceptors (Lipinski definition) is 6. The van der Waals surface area contributed by atoms with Crippen molar-refractivity contribution in [1.29, 1.82) is 0 Å². The van der Waals surface area contributed by atoms with Crippen molar-refractivity contribution in [3.05, 3.63) is 46.1 Å². The van der Waals surface area contributed by atoms with Gasteiger partial charge in [0.1, 0.15) is 36.0 Å². The monoisotopic (exact) mass is 399 g/mol. The van der Waals surface area contributed by atoms with Crippen molar-refractivity contribution in [3.8, 4) is 5.75 Å². The highest BCUT2D eigenvalue weighted by atomic mass is 32.1. The molecule has 1 saturated heterocycles. The zero-order valence-electron chi connectivity index (χ0n) is 16.7. The van der Waals surface area contributed by atoms with E-state index < -0.39 is 0 Å². The number of methoxy groups -OCH3 is 1. The second kappa shape index (κ2) is 8.43. The van der Waals surface area contributed by atoms with Crippen LogP contribution < -0.4 is 15.0 Å². The van der Waals surface area contributed by atoms with Gasteiger partial charge in [-0.25, -0.2) is 9.97 Å². The van der Waals surface area contributed by atoms with E-state index >= 15 is 0 Å². The number of nitrogens with zero attached hydrogens (tertiary/aromatic N) is 2. The minimum Gasteiger partial charge on any atom is -0.496 e. The summed E-state index contributed by atoms with van der Waals surface area (Å²) in [5, 5.41) is 4.69. The van der Waals surface area contributed by atoms with Crippen molar-refractivity contribution in [2.24, 2.45) is 0 Å². The molecule has 3 heterocycles. The molecule has 0 saturated carbocycles. The van der Waals surface area contributed by atoms with Crippen molar-refractivity contribution in [2.75, 3.05) is 38.7 Å². The highest BCUT2D eigenvalue weighted by molar-refractivity contribution is 7.18. The Hall–Kier alpha value is -2.22. The summed E-state index contributed by atoms with van der Waals surface area (Å²) in [6, 6.07) is 8.08. The molecule has 4 rings (SSSR count). The van der Waals surface area contributed by atoms with Gasteiger partial charge < -0.3 is 19.7 Å². The Morgan fingerprint density at radius 3 is 2.75 bits per heavy atom. The number of rotatable bonds is 6. The van der Waals surface area contributed by atoms with Crippen LogP contribution >= 0.6 is 11.3 Å². The molecule has 0 atom stereocenters. The van der Waals surface area contributed by atoms with Crippen molar-refractivity contribution in [2.45, 2.75) is 26.9 Å². The van der Waals surface area contributed by atoms with E-state index in [2.05, 4.69) is 25.2 Å². The lowest BCUT2D eigenvalue weighted by atomic mass is 10.2. The van der Waals surface area contributed by atoms with Crippen LogP contribution in [0.4, 0.5) is 5.82 Å². The van der Waals surface area contributed by atoms with Crippen LogP contribution in [-0.4, -0.2) is 43.4 Å². The van der Waals surface area contributed by atoms with Crippen LogP contribution in [0.1, 0.15) is 21.8 Å². The molecule has 1 aliphatic heterocycles. The number of fused-ring (bicyclic) bond motifs is 1. The molecule has 1 fully saturated rings. The van der Waals surface area contributed by atoms with Gasteiger partial charge >= 0.3 is 0 Å². The number of aromatic nitrogens is 2. The maximum atomic E-state index is 5.49. The molecular formula is C21H27N4O2S+. The molecule has 3 aromatic rings. The molecule has 6 nitrogen and oxygen atoms in total. The lowest BCUT2D eigenvalue weighted by molar-refractivity contribution is -0.922. The van der Waals surface area contributed by atoms with E-state index in [-0.39, 0.29) is 0 Å². The minimum absolute atomic E-state index is 0.661. The standard InChI is InChI=1S/C21H26N4O2S/c1-14-15(2)28-21-19(14)20(22-12-16-6-4-5-7-17(16)26-3)23-18(24-21)13-25-8-10-27-11-9-25/h4-7H,8-13H2,1-3H3,(H,22,23,24)/p+1. The molecular weight excluding hydrogens is 372 g/mol. The Kier molecular flexibility index (Phi) is 5.75. The molecule has 0 aliphatic carbocycles. The first-order valence-electron chi connectivity index (χ1n) is 9.69. The smallest absolute Gasteiger partial charge is 0.187 e. The predicted molar refractivity (Wildman–Crippen MR) is 112 cm³/mol. The second-order valence-electron chi connectivity index (χ2n) is 7.16. The van der Waals surface area contributed by atoms with Gasteiger partial charge in [-0.05, 0) is 25.5 Å². The van der Waals surface area contributed by atoms with E-state index in [1.54, 1.807) is 18.4 Å². The fourth-order valence-corrected chi connectivity index (χ4v) is 4.64. The Morgan fingerprint density at radius 2 is 1.96 bits per heavy atom. The maximum absolute atomic E-state index is 5.49. The number of anilines is 1. The zero-order chi connectivity index (χ0) is 19.5. The molecule has 0 radical (unpaired) electrons. The first kappa shape index (κ1) is 19.1. The van der Waals surface area contributed by atoms with Gasteiger partial charge in [0.15, 0.2) is 5.82 Å². The summed E-state index contributed by atoms with van der Waals surface area (Å²) in [5.41, 5.74) is 2.37. The fourth-order valence-electron chi connectivity index (χ4n) is 3.59. The van der Waals surface area contributed by atoms with Crippen LogP contribution in [0.25, 0.3) is 10.2 Å². The highest BCUT2D eigenvalue weighted by Crippen LogP contribution is 2.33. The molecule has 0 amide bonds. The largest absolute Gasteiger partial charge is 0.496 e. The summed E-state index contributed by atoms with van der Waals surface area (Å²) < 4.78 is 11.0. The number of nitrogens with one attached hydrogen (secondary N) is 2. The molecule has 2 aromatic heterocycles. The number of quaternary nitrogens is 1. The van der Waals surface area contributed by atoms with Crippen LogP contribution in [0.2, 0.25) is 0 Å². The quantitative estimate of drug-likeness (QED) is 0.666. The molecule has 0 spiro atoms. The SMILES string of the molecule is COc1ccccc1CNc1nc(C[NH+]2CCOCC2)nc2sc(C)c(C)c12. The molecule has 0 bridgehead atoms. The number of ether oxygens (including phenoxy) is 2. The van der Waals surface area contributed by atoms with Crippen LogP contribution in [0, 0.1) is 13.8 Å². The summed E-state index contributed by atoms with van der Waals surface area (Å²) in [7, 11) is 1.71. The van der Waals surface area contributed by atoms with Crippen LogP contribution in [0.5, 0.6) is 5.75 Å². The van der Waals surface area contributed by atoms with Crippen molar-refractivity contribution >= 4 is 27.4 Å². The fraction of sp³-hybridized carbons (Fsp3) is 0.429. The first-order chi connectivity index (χ1) is 13.7.